The first-order valence-electron chi connectivity index (χ1n) is 7.25. The summed E-state index contributed by atoms with van der Waals surface area (Å²) in [5.41, 5.74) is 10.3. The summed E-state index contributed by atoms with van der Waals surface area (Å²) in [6.45, 7) is 0. The number of carbonyl (C=O) groups is 6. The Bertz CT molecular complexity index is 592. The van der Waals surface area contributed by atoms with Crippen LogP contribution >= 0.6 is 0 Å². The molecule has 9 N–H and O–H groups in total. The van der Waals surface area contributed by atoms with Gasteiger partial charge in [-0.2, -0.15) is 0 Å². The van der Waals surface area contributed by atoms with Crippen LogP contribution in [0.3, 0.4) is 0 Å². The van der Waals surface area contributed by atoms with Gasteiger partial charge in [-0.05, 0) is 6.42 Å². The van der Waals surface area contributed by atoms with Gasteiger partial charge in [0.05, 0.1) is 18.9 Å². The zero-order valence-electron chi connectivity index (χ0n) is 13.5. The molecule has 13 heteroatoms. The monoisotopic (exact) mass is 376 g/mol. The molecule has 3 atom stereocenters. The summed E-state index contributed by atoms with van der Waals surface area (Å²) in [7, 11) is 0. The van der Waals surface area contributed by atoms with E-state index in [0.717, 1.165) is 0 Å². The summed E-state index contributed by atoms with van der Waals surface area (Å²) < 4.78 is 0. The van der Waals surface area contributed by atoms with Gasteiger partial charge in [0.25, 0.3) is 0 Å². The maximum Gasteiger partial charge on any atom is 0.326 e. The van der Waals surface area contributed by atoms with E-state index in [1.54, 1.807) is 0 Å². The number of hydrogen-bond donors (Lipinski definition) is 7. The Kier molecular flexibility index (Phi) is 9.29. The summed E-state index contributed by atoms with van der Waals surface area (Å²) in [5.74, 6) is -7.40. The van der Waals surface area contributed by atoms with Crippen LogP contribution in [0.5, 0.6) is 0 Å². The minimum absolute atomic E-state index is 0.327. The zero-order chi connectivity index (χ0) is 20.4. The summed E-state index contributed by atoms with van der Waals surface area (Å²) in [5, 5.41) is 30.2. The second-order valence-electron chi connectivity index (χ2n) is 5.27. The molecule has 13 nitrogen and oxygen atoms in total. The molecule has 0 aliphatic carbocycles. The van der Waals surface area contributed by atoms with Crippen molar-refractivity contribution in [2.24, 2.45) is 11.5 Å². The largest absolute Gasteiger partial charge is 0.481 e. The molecule has 0 heterocycles. The Morgan fingerprint density at radius 2 is 1.31 bits per heavy atom. The third-order valence-electron chi connectivity index (χ3n) is 3.04. The molecule has 0 radical (unpaired) electrons. The molecule has 0 aliphatic heterocycles. The fraction of sp³-hybridized carbons (Fsp3) is 0.538. The van der Waals surface area contributed by atoms with Gasteiger partial charge in [0.1, 0.15) is 12.1 Å². The third-order valence-corrected chi connectivity index (χ3v) is 3.04. The molecule has 146 valence electrons. The Morgan fingerprint density at radius 3 is 1.73 bits per heavy atom. The number of carboxylic acid groups (broad SMARTS) is 3. The van der Waals surface area contributed by atoms with Gasteiger partial charge in [0, 0.05) is 6.42 Å². The fourth-order valence-corrected chi connectivity index (χ4v) is 1.76. The molecule has 0 aromatic rings. The van der Waals surface area contributed by atoms with Gasteiger partial charge in [0.2, 0.25) is 17.7 Å². The summed E-state index contributed by atoms with van der Waals surface area (Å²) in [6.07, 6.45) is -2.34. The Hall–Kier alpha value is -3.22. The number of carboxylic acids is 3. The first kappa shape index (κ1) is 22.8. The fourth-order valence-electron chi connectivity index (χ4n) is 1.76. The Morgan fingerprint density at radius 1 is 0.808 bits per heavy atom. The molecular formula is C13H20N4O9. The molecule has 0 fully saturated rings. The lowest BCUT2D eigenvalue weighted by atomic mass is 10.1. The van der Waals surface area contributed by atoms with E-state index in [-0.39, 0.29) is 12.8 Å². The number of rotatable bonds is 12. The highest BCUT2D eigenvalue weighted by Gasteiger charge is 2.29. The van der Waals surface area contributed by atoms with Gasteiger partial charge >= 0.3 is 17.9 Å². The minimum atomic E-state index is -1.78. The lowest BCUT2D eigenvalue weighted by Crippen LogP contribution is -2.55. The van der Waals surface area contributed by atoms with E-state index in [1.807, 2.05) is 5.32 Å². The van der Waals surface area contributed by atoms with Crippen LogP contribution < -0.4 is 22.1 Å². The van der Waals surface area contributed by atoms with E-state index in [2.05, 4.69) is 5.32 Å². The number of hydrogen-bond acceptors (Lipinski definition) is 7. The maximum absolute atomic E-state index is 12.1. The summed E-state index contributed by atoms with van der Waals surface area (Å²) in [4.78, 5) is 67.0. The van der Waals surface area contributed by atoms with E-state index < -0.39 is 66.6 Å². The highest BCUT2D eigenvalue weighted by Crippen LogP contribution is 2.02. The highest BCUT2D eigenvalue weighted by atomic mass is 16.4. The number of primary amides is 1. The van der Waals surface area contributed by atoms with Crippen LogP contribution in [0, 0.1) is 0 Å². The van der Waals surface area contributed by atoms with Crippen molar-refractivity contribution in [2.75, 3.05) is 0 Å². The minimum Gasteiger partial charge on any atom is -0.481 e. The van der Waals surface area contributed by atoms with Crippen LogP contribution in [0.2, 0.25) is 0 Å². The van der Waals surface area contributed by atoms with E-state index in [9.17, 15) is 28.8 Å². The second-order valence-corrected chi connectivity index (χ2v) is 5.27. The van der Waals surface area contributed by atoms with E-state index >= 15 is 0 Å². The van der Waals surface area contributed by atoms with Crippen molar-refractivity contribution in [2.45, 2.75) is 43.8 Å². The van der Waals surface area contributed by atoms with Crippen molar-refractivity contribution in [3.8, 4) is 0 Å². The molecule has 0 bridgehead atoms. The maximum atomic E-state index is 12.1. The van der Waals surface area contributed by atoms with E-state index in [1.165, 1.54) is 0 Å². The summed E-state index contributed by atoms with van der Waals surface area (Å²) in [6, 6.07) is -4.74. The van der Waals surface area contributed by atoms with Crippen LogP contribution in [0.4, 0.5) is 0 Å². The van der Waals surface area contributed by atoms with Crippen LogP contribution in [-0.2, 0) is 28.8 Å². The standard InChI is InChI=1S/C13H20N4O9/c14-5(3-9(19)20)11(23)16-6(1-2-8(15)18)12(24)17-7(13(25)26)4-10(21)22/h5-7H,1-4,14H2,(H2,15,18)(H,16,23)(H,17,24)(H,19,20)(H,21,22)(H,25,26). The molecule has 0 spiro atoms. The highest BCUT2D eigenvalue weighted by molar-refractivity contribution is 5.94. The van der Waals surface area contributed by atoms with Crippen molar-refractivity contribution in [3.05, 3.63) is 0 Å². The van der Waals surface area contributed by atoms with Crippen molar-refractivity contribution >= 4 is 35.6 Å². The lowest BCUT2D eigenvalue weighted by molar-refractivity contribution is -0.147. The van der Waals surface area contributed by atoms with Crippen LogP contribution in [0.1, 0.15) is 25.7 Å². The summed E-state index contributed by atoms with van der Waals surface area (Å²) >= 11 is 0. The Balaban J connectivity index is 5.14. The number of aliphatic carboxylic acids is 3. The van der Waals surface area contributed by atoms with Crippen LogP contribution in [0.25, 0.3) is 0 Å². The van der Waals surface area contributed by atoms with Crippen molar-refractivity contribution in [1.29, 1.82) is 0 Å². The molecular weight excluding hydrogens is 356 g/mol. The molecule has 0 aliphatic rings. The molecule has 0 saturated heterocycles. The molecule has 0 saturated carbocycles. The second kappa shape index (κ2) is 10.6. The van der Waals surface area contributed by atoms with Gasteiger partial charge in [-0.15, -0.1) is 0 Å². The number of nitrogens with one attached hydrogen (secondary N) is 2. The van der Waals surface area contributed by atoms with Crippen molar-refractivity contribution in [1.82, 2.24) is 10.6 Å². The van der Waals surface area contributed by atoms with Gasteiger partial charge in [-0.1, -0.05) is 0 Å². The lowest BCUT2D eigenvalue weighted by Gasteiger charge is -2.21. The molecule has 26 heavy (non-hydrogen) atoms. The van der Waals surface area contributed by atoms with Gasteiger partial charge in [-0.3, -0.25) is 24.0 Å². The van der Waals surface area contributed by atoms with Crippen molar-refractivity contribution in [3.63, 3.8) is 0 Å². The SMILES string of the molecule is NC(=O)CCC(NC(=O)C(N)CC(=O)O)C(=O)NC(CC(=O)O)C(=O)O. The average Bonchev–Trinajstić information content (AvgIpc) is 2.48. The number of carbonyl (C=O) groups excluding carboxylic acids is 3. The molecule has 0 aromatic carbocycles. The smallest absolute Gasteiger partial charge is 0.326 e. The molecule has 0 aromatic heterocycles. The molecule has 3 unspecified atom stereocenters. The van der Waals surface area contributed by atoms with Crippen molar-refractivity contribution < 1.29 is 44.1 Å². The van der Waals surface area contributed by atoms with Crippen LogP contribution in [-0.4, -0.2) is 69.1 Å². The Labute approximate surface area is 146 Å². The zero-order valence-corrected chi connectivity index (χ0v) is 13.5. The first-order valence-corrected chi connectivity index (χ1v) is 7.25. The quantitative estimate of drug-likeness (QED) is 0.178. The topological polar surface area (TPSA) is 239 Å². The normalized spacial score (nSPS) is 13.7. The van der Waals surface area contributed by atoms with E-state index in [0.29, 0.717) is 0 Å². The predicted octanol–water partition coefficient (Wildman–Crippen LogP) is -3.42. The first-order chi connectivity index (χ1) is 11.9. The molecule has 3 amide bonds. The van der Waals surface area contributed by atoms with Gasteiger partial charge in [0.15, 0.2) is 0 Å². The number of nitrogens with two attached hydrogens (primary N) is 2. The van der Waals surface area contributed by atoms with E-state index in [4.69, 9.17) is 26.8 Å². The number of amides is 3. The van der Waals surface area contributed by atoms with Gasteiger partial charge in [-0.25, -0.2) is 4.79 Å². The third kappa shape index (κ3) is 9.17. The predicted molar refractivity (Wildman–Crippen MR) is 82.4 cm³/mol. The average molecular weight is 376 g/mol. The van der Waals surface area contributed by atoms with Crippen LogP contribution in [0.15, 0.2) is 0 Å². The molecule has 0 rings (SSSR count). The van der Waals surface area contributed by atoms with Gasteiger partial charge < -0.3 is 37.4 Å².